The third-order valence-corrected chi connectivity index (χ3v) is 6.80. The van der Waals surface area contributed by atoms with Gasteiger partial charge in [0.25, 0.3) is 5.91 Å². The van der Waals surface area contributed by atoms with E-state index in [1.807, 2.05) is 31.5 Å². The number of nitrogens with one attached hydrogen (secondary N) is 2. The summed E-state index contributed by atoms with van der Waals surface area (Å²) in [4.78, 5) is 25.1. The number of fused-ring (bicyclic) bond motifs is 2. The van der Waals surface area contributed by atoms with Crippen LogP contribution in [0.5, 0.6) is 0 Å². The van der Waals surface area contributed by atoms with Crippen LogP contribution in [0.4, 0.5) is 4.79 Å². The van der Waals surface area contributed by atoms with Crippen LogP contribution >= 0.6 is 23.2 Å². The summed E-state index contributed by atoms with van der Waals surface area (Å²) in [5, 5.41) is 11.5. The van der Waals surface area contributed by atoms with Crippen LogP contribution in [-0.2, 0) is 24.1 Å². The Kier molecular flexibility index (Phi) is 6.41. The molecule has 2 aliphatic rings. The highest BCUT2D eigenvalue weighted by molar-refractivity contribution is 6.42. The lowest BCUT2D eigenvalue weighted by Crippen LogP contribution is -2.37. The first-order valence-corrected chi connectivity index (χ1v) is 11.7. The van der Waals surface area contributed by atoms with E-state index >= 15 is 0 Å². The van der Waals surface area contributed by atoms with Gasteiger partial charge in [0, 0.05) is 13.1 Å². The summed E-state index contributed by atoms with van der Waals surface area (Å²) in [6, 6.07) is 3.61. The van der Waals surface area contributed by atoms with Gasteiger partial charge >= 0.3 is 6.09 Å². The van der Waals surface area contributed by atoms with Crippen LogP contribution in [0.15, 0.2) is 18.3 Å². The van der Waals surface area contributed by atoms with Gasteiger partial charge in [-0.3, -0.25) is 9.48 Å². The van der Waals surface area contributed by atoms with Gasteiger partial charge in [-0.2, -0.15) is 5.10 Å². The van der Waals surface area contributed by atoms with Crippen LogP contribution in [0.2, 0.25) is 10.0 Å². The fraction of sp³-hybridized carbons (Fsp3) is 0.522. The summed E-state index contributed by atoms with van der Waals surface area (Å²) in [5.74, 6) is 0.0716. The Hall–Kier alpha value is -2.25. The Morgan fingerprint density at radius 1 is 1.25 bits per heavy atom. The van der Waals surface area contributed by atoms with Crippen LogP contribution in [0.3, 0.4) is 0 Å². The number of carbonyl (C=O) groups is 2. The van der Waals surface area contributed by atoms with Gasteiger partial charge in [0.15, 0.2) is 0 Å². The molecule has 1 aromatic heterocycles. The SMILES string of the molecule is CC(C)(C)OC(=O)NCC1CCn2ncc(C(=O)NC3CCc4c3ccc(Cl)c4Cl)c2C1. The number of benzene rings is 1. The monoisotopic (exact) mass is 478 g/mol. The van der Waals surface area contributed by atoms with Crippen molar-refractivity contribution in [2.24, 2.45) is 5.92 Å². The van der Waals surface area contributed by atoms with Crippen molar-refractivity contribution < 1.29 is 14.3 Å². The Bertz CT molecular complexity index is 1040. The summed E-state index contributed by atoms with van der Waals surface area (Å²) < 4.78 is 7.20. The molecule has 4 rings (SSSR count). The van der Waals surface area contributed by atoms with E-state index in [0.29, 0.717) is 35.1 Å². The minimum absolute atomic E-state index is 0.101. The third-order valence-electron chi connectivity index (χ3n) is 5.95. The Balaban J connectivity index is 1.40. The molecule has 0 bridgehead atoms. The number of hydrogen-bond donors (Lipinski definition) is 2. The third kappa shape index (κ3) is 4.89. The van der Waals surface area contributed by atoms with Gasteiger partial charge in [0.2, 0.25) is 0 Å². The van der Waals surface area contributed by atoms with Gasteiger partial charge in [0.05, 0.1) is 33.5 Å². The maximum atomic E-state index is 13.1. The molecule has 9 heteroatoms. The molecule has 2 aromatic rings. The minimum atomic E-state index is -0.533. The lowest BCUT2D eigenvalue weighted by molar-refractivity contribution is 0.0516. The van der Waals surface area contributed by atoms with E-state index in [2.05, 4.69) is 15.7 Å². The number of alkyl carbamates (subject to hydrolysis) is 1. The number of hydrogen-bond acceptors (Lipinski definition) is 4. The van der Waals surface area contributed by atoms with Crippen molar-refractivity contribution in [3.05, 3.63) is 50.8 Å². The zero-order chi connectivity index (χ0) is 23.0. The highest BCUT2D eigenvalue weighted by atomic mass is 35.5. The molecule has 0 radical (unpaired) electrons. The normalized spacial score (nSPS) is 19.8. The van der Waals surface area contributed by atoms with E-state index < -0.39 is 11.7 Å². The first-order chi connectivity index (χ1) is 15.1. The van der Waals surface area contributed by atoms with E-state index in [0.717, 1.165) is 36.1 Å². The topological polar surface area (TPSA) is 85.2 Å². The number of carbonyl (C=O) groups excluding carboxylic acids is 2. The fourth-order valence-corrected chi connectivity index (χ4v) is 4.87. The van der Waals surface area contributed by atoms with Gasteiger partial charge in [0.1, 0.15) is 5.60 Å². The first kappa shape index (κ1) is 22.9. The predicted molar refractivity (Wildman–Crippen MR) is 123 cm³/mol. The molecular weight excluding hydrogens is 451 g/mol. The fourth-order valence-electron chi connectivity index (χ4n) is 4.42. The number of aryl methyl sites for hydroxylation is 1. The number of halogens is 2. The second-order valence-electron chi connectivity index (χ2n) is 9.46. The molecule has 0 saturated heterocycles. The largest absolute Gasteiger partial charge is 0.444 e. The van der Waals surface area contributed by atoms with Gasteiger partial charge in [-0.25, -0.2) is 4.79 Å². The van der Waals surface area contributed by atoms with Crippen molar-refractivity contribution >= 4 is 35.2 Å². The average Bonchev–Trinajstić information content (AvgIpc) is 3.32. The minimum Gasteiger partial charge on any atom is -0.444 e. The molecule has 0 saturated carbocycles. The average molecular weight is 479 g/mol. The molecule has 2 atom stereocenters. The zero-order valence-electron chi connectivity index (χ0n) is 18.5. The summed E-state index contributed by atoms with van der Waals surface area (Å²) in [6.07, 6.45) is 4.33. The predicted octanol–water partition coefficient (Wildman–Crippen LogP) is 4.69. The summed E-state index contributed by atoms with van der Waals surface area (Å²) in [7, 11) is 0. The highest BCUT2D eigenvalue weighted by Gasteiger charge is 2.30. The van der Waals surface area contributed by atoms with Crippen molar-refractivity contribution in [2.45, 2.75) is 64.6 Å². The molecule has 1 aliphatic heterocycles. The number of rotatable bonds is 4. The molecule has 2 heterocycles. The van der Waals surface area contributed by atoms with Crippen molar-refractivity contribution in [2.75, 3.05) is 6.54 Å². The summed E-state index contributed by atoms with van der Waals surface area (Å²) in [5.41, 5.74) is 2.98. The van der Waals surface area contributed by atoms with E-state index in [-0.39, 0.29) is 17.9 Å². The molecule has 2 N–H and O–H groups in total. The second kappa shape index (κ2) is 8.94. The van der Waals surface area contributed by atoms with E-state index in [1.165, 1.54) is 0 Å². The summed E-state index contributed by atoms with van der Waals surface area (Å²) in [6.45, 7) is 6.71. The van der Waals surface area contributed by atoms with E-state index in [1.54, 1.807) is 12.3 Å². The number of nitrogens with zero attached hydrogens (tertiary/aromatic N) is 2. The second-order valence-corrected chi connectivity index (χ2v) is 10.2. The smallest absolute Gasteiger partial charge is 0.407 e. The lowest BCUT2D eigenvalue weighted by Gasteiger charge is -2.25. The standard InChI is InChI=1S/C23H28Cl2N4O3/c1-23(2,3)32-22(31)26-11-13-8-9-29-19(10-13)16(12-27-29)21(30)28-18-7-5-15-14(18)4-6-17(24)20(15)25/h4,6,12-13,18H,5,7-11H2,1-3H3,(H,26,31)(H,28,30). The quantitative estimate of drug-likeness (QED) is 0.666. The molecule has 0 spiro atoms. The molecule has 1 aromatic carbocycles. The maximum absolute atomic E-state index is 13.1. The molecule has 32 heavy (non-hydrogen) atoms. The van der Waals surface area contributed by atoms with Gasteiger partial charge < -0.3 is 15.4 Å². The molecule has 1 aliphatic carbocycles. The first-order valence-electron chi connectivity index (χ1n) is 10.9. The van der Waals surface area contributed by atoms with Crippen molar-refractivity contribution in [3.8, 4) is 0 Å². The zero-order valence-corrected chi connectivity index (χ0v) is 20.0. The van der Waals surface area contributed by atoms with Crippen molar-refractivity contribution in [1.82, 2.24) is 20.4 Å². The molecule has 2 amide bonds. The Labute approximate surface area is 197 Å². The van der Waals surface area contributed by atoms with Crippen LogP contribution in [0.25, 0.3) is 0 Å². The molecule has 7 nitrogen and oxygen atoms in total. The molecule has 0 fully saturated rings. The van der Waals surface area contributed by atoms with Crippen LogP contribution in [0, 0.1) is 5.92 Å². The number of ether oxygens (including phenoxy) is 1. The lowest BCUT2D eigenvalue weighted by atomic mass is 9.94. The van der Waals surface area contributed by atoms with Gasteiger partial charge in [-0.05, 0) is 69.6 Å². The van der Waals surface area contributed by atoms with Gasteiger partial charge in [-0.15, -0.1) is 0 Å². The molecular formula is C23H28Cl2N4O3. The van der Waals surface area contributed by atoms with Crippen molar-refractivity contribution in [3.63, 3.8) is 0 Å². The van der Waals surface area contributed by atoms with Crippen LogP contribution in [0.1, 0.15) is 66.8 Å². The maximum Gasteiger partial charge on any atom is 0.407 e. The van der Waals surface area contributed by atoms with E-state index in [4.69, 9.17) is 27.9 Å². The highest BCUT2D eigenvalue weighted by Crippen LogP contribution is 2.39. The van der Waals surface area contributed by atoms with Crippen LogP contribution < -0.4 is 10.6 Å². The van der Waals surface area contributed by atoms with E-state index in [9.17, 15) is 9.59 Å². The van der Waals surface area contributed by atoms with Crippen LogP contribution in [-0.4, -0.2) is 33.9 Å². The van der Waals surface area contributed by atoms with Crippen molar-refractivity contribution in [1.29, 1.82) is 0 Å². The molecule has 172 valence electrons. The number of amides is 2. The Morgan fingerprint density at radius 3 is 2.78 bits per heavy atom. The summed E-state index contributed by atoms with van der Waals surface area (Å²) >= 11 is 12.5. The Morgan fingerprint density at radius 2 is 2.03 bits per heavy atom. The number of aromatic nitrogens is 2. The van der Waals surface area contributed by atoms with Gasteiger partial charge in [-0.1, -0.05) is 29.3 Å². The molecule has 2 unspecified atom stereocenters.